The average Bonchev–Trinajstić information content (AvgIpc) is 2.37. The molecule has 0 radical (unpaired) electrons. The molecule has 0 amide bonds. The Bertz CT molecular complexity index is 352. The van der Waals surface area contributed by atoms with Gasteiger partial charge in [-0.3, -0.25) is 0 Å². The monoisotopic (exact) mass is 277 g/mol. The van der Waals surface area contributed by atoms with Crippen LogP contribution in [-0.4, -0.2) is 31.5 Å². The van der Waals surface area contributed by atoms with E-state index in [2.05, 4.69) is 5.32 Å². The molecule has 0 unspecified atom stereocenters. The summed E-state index contributed by atoms with van der Waals surface area (Å²) in [4.78, 5) is 0. The fraction of sp³-hybridized carbons (Fsp3) is 0.538. The Kier molecular flexibility index (Phi) is 6.83. The second kappa shape index (κ2) is 8.14. The zero-order chi connectivity index (χ0) is 14.1. The molecule has 0 atom stereocenters. The molecule has 1 rings (SSSR count). The fourth-order valence-corrected chi connectivity index (χ4v) is 1.51. The van der Waals surface area contributed by atoms with Crippen LogP contribution in [-0.2, 0) is 17.5 Å². The van der Waals surface area contributed by atoms with E-state index in [-0.39, 0.29) is 6.61 Å². The van der Waals surface area contributed by atoms with Crippen LogP contribution in [0.25, 0.3) is 0 Å². The summed E-state index contributed by atoms with van der Waals surface area (Å²) in [5, 5.41) is 11.6. The van der Waals surface area contributed by atoms with Gasteiger partial charge in [-0.05, 0) is 30.7 Å². The second-order valence-corrected chi connectivity index (χ2v) is 4.06. The van der Waals surface area contributed by atoms with Crippen molar-refractivity contribution in [3.05, 3.63) is 35.4 Å². The number of halogens is 3. The van der Waals surface area contributed by atoms with Crippen LogP contribution in [0.4, 0.5) is 13.2 Å². The van der Waals surface area contributed by atoms with E-state index in [9.17, 15) is 13.2 Å². The topological polar surface area (TPSA) is 41.5 Å². The van der Waals surface area contributed by atoms with E-state index in [1.807, 2.05) is 0 Å². The highest BCUT2D eigenvalue weighted by atomic mass is 19.4. The molecular weight excluding hydrogens is 259 g/mol. The Balaban J connectivity index is 2.20. The van der Waals surface area contributed by atoms with Crippen LogP contribution in [0, 0.1) is 0 Å². The largest absolute Gasteiger partial charge is 0.416 e. The first-order chi connectivity index (χ1) is 9.04. The summed E-state index contributed by atoms with van der Waals surface area (Å²) >= 11 is 0. The van der Waals surface area contributed by atoms with Gasteiger partial charge in [0.1, 0.15) is 0 Å². The number of aliphatic hydroxyl groups is 1. The maximum Gasteiger partial charge on any atom is 0.416 e. The normalized spacial score (nSPS) is 11.8. The van der Waals surface area contributed by atoms with Gasteiger partial charge in [-0.15, -0.1) is 0 Å². The van der Waals surface area contributed by atoms with Crippen LogP contribution < -0.4 is 5.32 Å². The first-order valence-corrected chi connectivity index (χ1v) is 6.09. The molecule has 19 heavy (non-hydrogen) atoms. The molecule has 2 N–H and O–H groups in total. The number of ether oxygens (including phenoxy) is 1. The zero-order valence-corrected chi connectivity index (χ0v) is 10.5. The van der Waals surface area contributed by atoms with E-state index in [1.54, 1.807) is 0 Å². The van der Waals surface area contributed by atoms with E-state index >= 15 is 0 Å². The number of hydrogen-bond donors (Lipinski definition) is 2. The lowest BCUT2D eigenvalue weighted by molar-refractivity contribution is -0.137. The van der Waals surface area contributed by atoms with Gasteiger partial charge >= 0.3 is 6.18 Å². The van der Waals surface area contributed by atoms with Gasteiger partial charge < -0.3 is 15.2 Å². The van der Waals surface area contributed by atoms with Crippen LogP contribution in [0.5, 0.6) is 0 Å². The van der Waals surface area contributed by atoms with Crippen molar-refractivity contribution in [1.82, 2.24) is 5.32 Å². The lowest BCUT2D eigenvalue weighted by Gasteiger charge is -2.08. The number of alkyl halides is 3. The Morgan fingerprint density at radius 2 is 1.79 bits per heavy atom. The van der Waals surface area contributed by atoms with Crippen molar-refractivity contribution in [3.63, 3.8) is 0 Å². The molecule has 6 heteroatoms. The number of nitrogens with one attached hydrogen (secondary N) is 1. The molecule has 0 aliphatic rings. The molecule has 0 spiro atoms. The van der Waals surface area contributed by atoms with Gasteiger partial charge in [-0.2, -0.15) is 13.2 Å². The highest BCUT2D eigenvalue weighted by Crippen LogP contribution is 2.28. The van der Waals surface area contributed by atoms with Crippen molar-refractivity contribution in [2.24, 2.45) is 0 Å². The Hall–Kier alpha value is -1.11. The lowest BCUT2D eigenvalue weighted by atomic mass is 10.1. The number of aliphatic hydroxyl groups excluding tert-OH is 1. The van der Waals surface area contributed by atoms with Crippen molar-refractivity contribution in [2.75, 3.05) is 26.4 Å². The quantitative estimate of drug-likeness (QED) is 0.716. The minimum absolute atomic E-state index is 0.0129. The van der Waals surface area contributed by atoms with E-state index < -0.39 is 11.7 Å². The molecule has 0 fully saturated rings. The van der Waals surface area contributed by atoms with Crippen molar-refractivity contribution in [2.45, 2.75) is 19.1 Å². The number of rotatable bonds is 8. The van der Waals surface area contributed by atoms with Crippen LogP contribution in [0.1, 0.15) is 17.5 Å². The maximum atomic E-state index is 12.3. The summed E-state index contributed by atoms with van der Waals surface area (Å²) in [5.41, 5.74) is 0.179. The van der Waals surface area contributed by atoms with Gasteiger partial charge in [0.2, 0.25) is 0 Å². The summed E-state index contributed by atoms with van der Waals surface area (Å²) in [5.74, 6) is 0. The van der Waals surface area contributed by atoms with E-state index in [1.165, 1.54) is 12.1 Å². The Labute approximate surface area is 110 Å². The van der Waals surface area contributed by atoms with Crippen molar-refractivity contribution >= 4 is 0 Å². The highest BCUT2D eigenvalue weighted by Gasteiger charge is 2.29. The third-order valence-electron chi connectivity index (χ3n) is 2.49. The number of benzene rings is 1. The third kappa shape index (κ3) is 6.56. The summed E-state index contributed by atoms with van der Waals surface area (Å²) in [7, 11) is 0. The van der Waals surface area contributed by atoms with Crippen LogP contribution in [0.15, 0.2) is 24.3 Å². The van der Waals surface area contributed by atoms with Gasteiger partial charge in [0, 0.05) is 13.2 Å². The highest BCUT2D eigenvalue weighted by molar-refractivity contribution is 5.24. The molecule has 108 valence electrons. The van der Waals surface area contributed by atoms with Crippen LogP contribution in [0.2, 0.25) is 0 Å². The molecule has 0 saturated heterocycles. The Morgan fingerprint density at radius 3 is 2.37 bits per heavy atom. The average molecular weight is 277 g/mol. The molecule has 0 aliphatic carbocycles. The number of hydrogen-bond acceptors (Lipinski definition) is 3. The van der Waals surface area contributed by atoms with Crippen molar-refractivity contribution in [3.8, 4) is 0 Å². The molecule has 3 nitrogen and oxygen atoms in total. The van der Waals surface area contributed by atoms with Crippen LogP contribution in [0.3, 0.4) is 0 Å². The molecule has 0 aliphatic heterocycles. The summed E-state index contributed by atoms with van der Waals surface area (Å²) in [6, 6.07) is 5.11. The summed E-state index contributed by atoms with van der Waals surface area (Å²) in [6.45, 7) is 2.14. The molecule has 0 heterocycles. The van der Waals surface area contributed by atoms with Crippen molar-refractivity contribution in [1.29, 1.82) is 0 Å². The SMILES string of the molecule is OCCOCCCNCc1ccc(C(F)(F)F)cc1. The minimum Gasteiger partial charge on any atom is -0.394 e. The maximum absolute atomic E-state index is 12.3. The molecule has 0 saturated carbocycles. The van der Waals surface area contributed by atoms with Gasteiger partial charge in [0.05, 0.1) is 18.8 Å². The van der Waals surface area contributed by atoms with Gasteiger partial charge in [0.15, 0.2) is 0 Å². The van der Waals surface area contributed by atoms with E-state index in [0.29, 0.717) is 26.3 Å². The molecule has 1 aromatic carbocycles. The van der Waals surface area contributed by atoms with E-state index in [0.717, 1.165) is 24.1 Å². The predicted octanol–water partition coefficient (Wildman–Crippen LogP) is 2.19. The molecular formula is C13H18F3NO2. The minimum atomic E-state index is -4.28. The predicted molar refractivity (Wildman–Crippen MR) is 65.7 cm³/mol. The Morgan fingerprint density at radius 1 is 1.11 bits per heavy atom. The first kappa shape index (κ1) is 15.9. The molecule has 0 aromatic heterocycles. The van der Waals surface area contributed by atoms with Gasteiger partial charge in [-0.25, -0.2) is 0 Å². The third-order valence-corrected chi connectivity index (χ3v) is 2.49. The zero-order valence-electron chi connectivity index (χ0n) is 10.5. The van der Waals surface area contributed by atoms with E-state index in [4.69, 9.17) is 9.84 Å². The standard InChI is InChI=1S/C13H18F3NO2/c14-13(15,16)12-4-2-11(3-5-12)10-17-6-1-8-19-9-7-18/h2-5,17-18H,1,6-10H2. The second-order valence-electron chi connectivity index (χ2n) is 4.06. The lowest BCUT2D eigenvalue weighted by Crippen LogP contribution is -2.17. The molecule has 0 bridgehead atoms. The van der Waals surface area contributed by atoms with Gasteiger partial charge in [0.25, 0.3) is 0 Å². The summed E-state index contributed by atoms with van der Waals surface area (Å²) in [6.07, 6.45) is -3.49. The summed E-state index contributed by atoms with van der Waals surface area (Å²) < 4.78 is 42.1. The fourth-order valence-electron chi connectivity index (χ4n) is 1.51. The molecule has 1 aromatic rings. The first-order valence-electron chi connectivity index (χ1n) is 6.09. The smallest absolute Gasteiger partial charge is 0.394 e. The van der Waals surface area contributed by atoms with Gasteiger partial charge in [-0.1, -0.05) is 12.1 Å². The van der Waals surface area contributed by atoms with Crippen molar-refractivity contribution < 1.29 is 23.0 Å². The van der Waals surface area contributed by atoms with Crippen LogP contribution >= 0.6 is 0 Å².